The zero-order valence-electron chi connectivity index (χ0n) is 13.8. The number of rotatable bonds is 3. The van der Waals surface area contributed by atoms with Crippen LogP contribution in [-0.2, 0) is 9.59 Å². The van der Waals surface area contributed by atoms with Gasteiger partial charge in [-0.2, -0.15) is 0 Å². The van der Waals surface area contributed by atoms with Gasteiger partial charge in [-0.1, -0.05) is 60.7 Å². The van der Waals surface area contributed by atoms with Crippen LogP contribution in [0.4, 0.5) is 0 Å². The topological polar surface area (TPSA) is 63.2 Å². The number of nitrogens with one attached hydrogen (secondary N) is 1. The van der Waals surface area contributed by atoms with Crippen molar-refractivity contribution in [2.24, 2.45) is 0 Å². The van der Waals surface area contributed by atoms with E-state index in [2.05, 4.69) is 5.32 Å². The molecule has 0 bridgehead atoms. The lowest BCUT2D eigenvalue weighted by molar-refractivity contribution is -0.117. The van der Waals surface area contributed by atoms with Crippen LogP contribution in [-0.4, -0.2) is 23.0 Å². The third-order valence-electron chi connectivity index (χ3n) is 4.56. The molecule has 0 aromatic heterocycles. The lowest BCUT2D eigenvalue weighted by Crippen LogP contribution is -2.41. The number of allylic oxidation sites excluding steroid dienone is 2. The second kappa shape index (κ2) is 6.08. The molecule has 26 heavy (non-hydrogen) atoms. The molecule has 2 aromatic rings. The highest BCUT2D eigenvalue weighted by Crippen LogP contribution is 2.40. The van der Waals surface area contributed by atoms with Crippen molar-refractivity contribution >= 4 is 23.0 Å². The summed E-state index contributed by atoms with van der Waals surface area (Å²) < 4.78 is 0. The number of hydrogen-bond donors (Lipinski definition) is 1. The van der Waals surface area contributed by atoms with Crippen LogP contribution < -0.4 is 5.32 Å². The number of ketones is 2. The number of Topliss-reactive ketones (excluding diaryl/α,β-unsaturated/α-hetero) is 1. The fourth-order valence-electron chi connectivity index (χ4n) is 3.36. The predicted molar refractivity (Wildman–Crippen MR) is 98.3 cm³/mol. The number of carbonyl (C=O) groups is 3. The summed E-state index contributed by atoms with van der Waals surface area (Å²) in [6.45, 7) is 0. The molecule has 4 nitrogen and oxygen atoms in total. The summed E-state index contributed by atoms with van der Waals surface area (Å²) in [5.41, 5.74) is 0.881. The maximum absolute atomic E-state index is 13.1. The number of carbonyl (C=O) groups excluding carboxylic acids is 3. The highest BCUT2D eigenvalue weighted by Gasteiger charge is 2.45. The van der Waals surface area contributed by atoms with Gasteiger partial charge in [-0.15, -0.1) is 0 Å². The predicted octanol–water partition coefficient (Wildman–Crippen LogP) is 2.89. The Bertz CT molecular complexity index is 982. The first kappa shape index (κ1) is 16.0. The molecule has 1 heterocycles. The fraction of sp³-hybridized carbons (Fsp3) is 0.0455. The van der Waals surface area contributed by atoms with Crippen molar-refractivity contribution in [3.63, 3.8) is 0 Å². The van der Waals surface area contributed by atoms with Crippen LogP contribution in [0.15, 0.2) is 90.5 Å². The zero-order valence-corrected chi connectivity index (χ0v) is 13.8. The van der Waals surface area contributed by atoms with Crippen molar-refractivity contribution in [3.8, 4) is 0 Å². The maximum atomic E-state index is 13.1. The van der Waals surface area contributed by atoms with Crippen LogP contribution in [0.2, 0.25) is 0 Å². The fourth-order valence-corrected chi connectivity index (χ4v) is 3.36. The zero-order chi connectivity index (χ0) is 18.1. The van der Waals surface area contributed by atoms with Crippen molar-refractivity contribution < 1.29 is 14.4 Å². The van der Waals surface area contributed by atoms with Crippen LogP contribution >= 0.6 is 0 Å². The van der Waals surface area contributed by atoms with Crippen LogP contribution in [0.3, 0.4) is 0 Å². The van der Waals surface area contributed by atoms with Gasteiger partial charge in [0.05, 0.1) is 5.57 Å². The normalized spacial score (nSPS) is 17.7. The molecule has 0 radical (unpaired) electrons. The highest BCUT2D eigenvalue weighted by molar-refractivity contribution is 6.33. The minimum absolute atomic E-state index is 0.103. The maximum Gasteiger partial charge on any atom is 0.256 e. The molecule has 1 aliphatic heterocycles. The van der Waals surface area contributed by atoms with Crippen LogP contribution in [0, 0.1) is 0 Å². The van der Waals surface area contributed by atoms with E-state index in [1.54, 1.807) is 36.4 Å². The SMILES string of the molecule is O=C1C=CC2(C=C1)NC(=O)C(C(=O)c1ccccc1)=C2c1ccccc1. The molecule has 0 saturated heterocycles. The molecule has 1 aliphatic carbocycles. The van der Waals surface area contributed by atoms with E-state index in [1.807, 2.05) is 36.4 Å². The minimum Gasteiger partial charge on any atom is -0.335 e. The molecule has 2 aromatic carbocycles. The molecule has 1 spiro atoms. The number of amides is 1. The molecule has 0 fully saturated rings. The number of hydrogen-bond acceptors (Lipinski definition) is 3. The van der Waals surface area contributed by atoms with Gasteiger partial charge in [0.1, 0.15) is 5.54 Å². The average molecular weight is 341 g/mol. The van der Waals surface area contributed by atoms with E-state index in [0.717, 1.165) is 5.56 Å². The first-order valence-electron chi connectivity index (χ1n) is 8.26. The molecule has 0 atom stereocenters. The third-order valence-corrected chi connectivity index (χ3v) is 4.56. The molecule has 1 N–H and O–H groups in total. The minimum atomic E-state index is -0.994. The Morgan fingerprint density at radius 1 is 0.808 bits per heavy atom. The van der Waals surface area contributed by atoms with E-state index in [-0.39, 0.29) is 17.1 Å². The van der Waals surface area contributed by atoms with E-state index in [4.69, 9.17) is 0 Å². The first-order valence-corrected chi connectivity index (χ1v) is 8.26. The van der Waals surface area contributed by atoms with E-state index in [9.17, 15) is 14.4 Å². The van der Waals surface area contributed by atoms with Gasteiger partial charge >= 0.3 is 0 Å². The second-order valence-corrected chi connectivity index (χ2v) is 6.20. The van der Waals surface area contributed by atoms with Gasteiger partial charge in [-0.05, 0) is 29.9 Å². The summed E-state index contributed by atoms with van der Waals surface area (Å²) in [6.07, 6.45) is 6.11. The van der Waals surface area contributed by atoms with Crippen LogP contribution in [0.5, 0.6) is 0 Å². The highest BCUT2D eigenvalue weighted by atomic mass is 16.2. The van der Waals surface area contributed by atoms with E-state index in [1.165, 1.54) is 12.2 Å². The Morgan fingerprint density at radius 3 is 2.00 bits per heavy atom. The summed E-state index contributed by atoms with van der Waals surface area (Å²) >= 11 is 0. The summed E-state index contributed by atoms with van der Waals surface area (Å²) in [5, 5.41) is 2.88. The van der Waals surface area contributed by atoms with Crippen LogP contribution in [0.25, 0.3) is 5.57 Å². The molecular weight excluding hydrogens is 326 g/mol. The summed E-state index contributed by atoms with van der Waals surface area (Å²) in [4.78, 5) is 37.5. The van der Waals surface area contributed by atoms with Gasteiger partial charge in [0.15, 0.2) is 11.6 Å². The van der Waals surface area contributed by atoms with E-state index < -0.39 is 11.4 Å². The number of benzene rings is 2. The Kier molecular flexibility index (Phi) is 3.73. The van der Waals surface area contributed by atoms with Gasteiger partial charge in [0, 0.05) is 11.1 Å². The third kappa shape index (κ3) is 2.52. The van der Waals surface area contributed by atoms with Gasteiger partial charge in [-0.25, -0.2) is 0 Å². The molecule has 1 amide bonds. The molecule has 4 heteroatoms. The molecule has 2 aliphatic rings. The molecule has 0 unspecified atom stereocenters. The lowest BCUT2D eigenvalue weighted by atomic mass is 9.81. The first-order chi connectivity index (χ1) is 12.6. The van der Waals surface area contributed by atoms with Crippen molar-refractivity contribution in [3.05, 3.63) is 102 Å². The Labute approximate surface area is 150 Å². The summed E-state index contributed by atoms with van der Waals surface area (Å²) in [6, 6.07) is 18.0. The largest absolute Gasteiger partial charge is 0.335 e. The molecular formula is C22H15NO3. The smallest absolute Gasteiger partial charge is 0.256 e. The van der Waals surface area contributed by atoms with Crippen molar-refractivity contribution in [2.45, 2.75) is 5.54 Å². The average Bonchev–Trinajstić information content (AvgIpc) is 2.97. The van der Waals surface area contributed by atoms with Gasteiger partial charge in [-0.3, -0.25) is 14.4 Å². The van der Waals surface area contributed by atoms with Crippen molar-refractivity contribution in [1.82, 2.24) is 5.32 Å². The van der Waals surface area contributed by atoms with E-state index in [0.29, 0.717) is 11.1 Å². The van der Waals surface area contributed by atoms with Gasteiger partial charge < -0.3 is 5.32 Å². The lowest BCUT2D eigenvalue weighted by Gasteiger charge is -2.27. The standard InChI is InChI=1S/C22H15NO3/c24-17-11-13-22(14-12-17)19(15-7-3-1-4-8-15)18(21(26)23-22)20(25)16-9-5-2-6-10-16/h1-14H,(H,23,26). The van der Waals surface area contributed by atoms with E-state index >= 15 is 0 Å². The Balaban J connectivity index is 1.96. The molecule has 126 valence electrons. The Morgan fingerprint density at radius 2 is 1.38 bits per heavy atom. The quantitative estimate of drug-likeness (QED) is 0.690. The monoisotopic (exact) mass is 341 g/mol. The van der Waals surface area contributed by atoms with Gasteiger partial charge in [0.2, 0.25) is 0 Å². The molecule has 4 rings (SSSR count). The molecule has 0 saturated carbocycles. The Hall–Kier alpha value is -3.53. The second-order valence-electron chi connectivity index (χ2n) is 6.20. The van der Waals surface area contributed by atoms with Crippen molar-refractivity contribution in [2.75, 3.05) is 0 Å². The van der Waals surface area contributed by atoms with Gasteiger partial charge in [0.25, 0.3) is 5.91 Å². The summed E-state index contributed by atoms with van der Waals surface area (Å²) in [7, 11) is 0. The van der Waals surface area contributed by atoms with Crippen LogP contribution in [0.1, 0.15) is 15.9 Å². The summed E-state index contributed by atoms with van der Waals surface area (Å²) in [5.74, 6) is -0.931. The van der Waals surface area contributed by atoms with Crippen molar-refractivity contribution in [1.29, 1.82) is 0 Å².